The van der Waals surface area contributed by atoms with Crippen LogP contribution in [0.25, 0.3) is 0 Å². The first-order valence-electron chi connectivity index (χ1n) is 8.31. The van der Waals surface area contributed by atoms with Crippen LogP contribution in [0.2, 0.25) is 0 Å². The van der Waals surface area contributed by atoms with E-state index in [-0.39, 0.29) is 5.91 Å². The molecule has 27 heavy (non-hydrogen) atoms. The largest absolute Gasteiger partial charge is 0.497 e. The molecule has 7 nitrogen and oxygen atoms in total. The molecule has 7 heteroatoms. The minimum absolute atomic E-state index is 0.291. The highest BCUT2D eigenvalue weighted by molar-refractivity contribution is 5.95. The number of hydrogen-bond donors (Lipinski definition) is 1. The molecule has 0 aliphatic heterocycles. The zero-order valence-corrected chi connectivity index (χ0v) is 15.1. The maximum absolute atomic E-state index is 12.3. The lowest BCUT2D eigenvalue weighted by molar-refractivity contribution is 0.0955. The van der Waals surface area contributed by atoms with E-state index in [4.69, 9.17) is 9.47 Å². The predicted octanol–water partition coefficient (Wildman–Crippen LogP) is 2.71. The van der Waals surface area contributed by atoms with Crippen molar-refractivity contribution in [3.05, 3.63) is 77.6 Å². The second-order valence-corrected chi connectivity index (χ2v) is 5.71. The molecule has 3 rings (SSSR count). The Morgan fingerprint density at radius 3 is 2.81 bits per heavy atom. The fourth-order valence-electron chi connectivity index (χ4n) is 2.54. The first-order chi connectivity index (χ1) is 13.2. The fraction of sp³-hybridized carbons (Fsp3) is 0.150. The first-order valence-corrected chi connectivity index (χ1v) is 8.31. The standard InChI is InChI=1S/C20H20N4O3/c1-26-18-8-7-17(19(12-18)27-2)13-21-23-20(25)16-6-3-5-15(11-16)14-24-10-4-9-22-24/h3-13H,14H2,1-2H3,(H,23,25). The number of benzene rings is 2. The van der Waals surface area contributed by atoms with Gasteiger partial charge in [0.2, 0.25) is 0 Å². The highest BCUT2D eigenvalue weighted by Gasteiger charge is 2.07. The van der Waals surface area contributed by atoms with Gasteiger partial charge >= 0.3 is 0 Å². The second-order valence-electron chi connectivity index (χ2n) is 5.71. The molecule has 0 saturated carbocycles. The normalized spacial score (nSPS) is 10.7. The number of rotatable bonds is 7. The molecule has 3 aromatic rings. The fourth-order valence-corrected chi connectivity index (χ4v) is 2.54. The van der Waals surface area contributed by atoms with E-state index in [1.54, 1.807) is 49.4 Å². The molecular weight excluding hydrogens is 344 g/mol. The zero-order chi connectivity index (χ0) is 19.1. The Labute approximate surface area is 157 Å². The van der Waals surface area contributed by atoms with Crippen LogP contribution in [0.1, 0.15) is 21.5 Å². The van der Waals surface area contributed by atoms with Gasteiger partial charge in [-0.2, -0.15) is 10.2 Å². The van der Waals surface area contributed by atoms with Crippen LogP contribution in [0.15, 0.2) is 66.0 Å². The molecule has 0 atom stereocenters. The van der Waals surface area contributed by atoms with Crippen molar-refractivity contribution < 1.29 is 14.3 Å². The number of carbonyl (C=O) groups excluding carboxylic acids is 1. The molecule has 0 bridgehead atoms. The SMILES string of the molecule is COc1ccc(C=NNC(=O)c2cccc(Cn3cccn3)c2)c(OC)c1. The Kier molecular flexibility index (Phi) is 5.84. The quantitative estimate of drug-likeness (QED) is 0.516. The van der Waals surface area contributed by atoms with Gasteiger partial charge in [0, 0.05) is 29.6 Å². The van der Waals surface area contributed by atoms with E-state index in [9.17, 15) is 4.79 Å². The number of aromatic nitrogens is 2. The average molecular weight is 364 g/mol. The number of hydrazone groups is 1. The van der Waals surface area contributed by atoms with Crippen molar-refractivity contribution in [1.82, 2.24) is 15.2 Å². The van der Waals surface area contributed by atoms with Crippen LogP contribution < -0.4 is 14.9 Å². The molecular formula is C20H20N4O3. The number of ether oxygens (including phenoxy) is 2. The minimum atomic E-state index is -0.291. The summed E-state index contributed by atoms with van der Waals surface area (Å²) in [7, 11) is 3.15. The van der Waals surface area contributed by atoms with Crippen LogP contribution in [-0.4, -0.2) is 36.1 Å². The van der Waals surface area contributed by atoms with Gasteiger partial charge in [-0.25, -0.2) is 5.43 Å². The molecule has 0 unspecified atom stereocenters. The van der Waals surface area contributed by atoms with Crippen LogP contribution in [0.3, 0.4) is 0 Å². The van der Waals surface area contributed by atoms with Gasteiger partial charge in [0.25, 0.3) is 5.91 Å². The van der Waals surface area contributed by atoms with Gasteiger partial charge in [-0.15, -0.1) is 0 Å². The van der Waals surface area contributed by atoms with Crippen molar-refractivity contribution in [2.24, 2.45) is 5.10 Å². The Bertz CT molecular complexity index is 936. The highest BCUT2D eigenvalue weighted by Crippen LogP contribution is 2.23. The Morgan fingerprint density at radius 2 is 2.07 bits per heavy atom. The van der Waals surface area contributed by atoms with Gasteiger partial charge in [-0.1, -0.05) is 12.1 Å². The van der Waals surface area contributed by atoms with E-state index >= 15 is 0 Å². The van der Waals surface area contributed by atoms with Crippen molar-refractivity contribution in [2.45, 2.75) is 6.54 Å². The van der Waals surface area contributed by atoms with Crippen molar-refractivity contribution in [3.8, 4) is 11.5 Å². The van der Waals surface area contributed by atoms with Gasteiger partial charge in [0.1, 0.15) is 11.5 Å². The number of nitrogens with zero attached hydrogens (tertiary/aromatic N) is 3. The van der Waals surface area contributed by atoms with Crippen LogP contribution in [0.4, 0.5) is 0 Å². The number of methoxy groups -OCH3 is 2. The smallest absolute Gasteiger partial charge is 0.271 e. The van der Waals surface area contributed by atoms with Gasteiger partial charge in [0.15, 0.2) is 0 Å². The number of carbonyl (C=O) groups is 1. The molecule has 1 aromatic heterocycles. The minimum Gasteiger partial charge on any atom is -0.497 e. The Hall–Kier alpha value is -3.61. The summed E-state index contributed by atoms with van der Waals surface area (Å²) in [6, 6.07) is 14.6. The van der Waals surface area contributed by atoms with Crippen LogP contribution in [-0.2, 0) is 6.54 Å². The van der Waals surface area contributed by atoms with E-state index in [2.05, 4.69) is 15.6 Å². The van der Waals surface area contributed by atoms with Crippen molar-refractivity contribution in [1.29, 1.82) is 0 Å². The second kappa shape index (κ2) is 8.66. The molecule has 0 radical (unpaired) electrons. The highest BCUT2D eigenvalue weighted by atomic mass is 16.5. The summed E-state index contributed by atoms with van der Waals surface area (Å²) in [4.78, 5) is 12.3. The first kappa shape index (κ1) is 18.2. The van der Waals surface area contributed by atoms with Crippen LogP contribution in [0.5, 0.6) is 11.5 Å². The lowest BCUT2D eigenvalue weighted by atomic mass is 10.1. The summed E-state index contributed by atoms with van der Waals surface area (Å²) in [5, 5.41) is 8.19. The summed E-state index contributed by atoms with van der Waals surface area (Å²) < 4.78 is 12.3. The lowest BCUT2D eigenvalue weighted by Crippen LogP contribution is -2.18. The van der Waals surface area contributed by atoms with E-state index in [0.717, 1.165) is 11.1 Å². The maximum Gasteiger partial charge on any atom is 0.271 e. The van der Waals surface area contributed by atoms with Crippen molar-refractivity contribution in [2.75, 3.05) is 14.2 Å². The summed E-state index contributed by atoms with van der Waals surface area (Å²) in [6.45, 7) is 0.598. The van der Waals surface area contributed by atoms with E-state index in [1.165, 1.54) is 6.21 Å². The van der Waals surface area contributed by atoms with Crippen LogP contribution >= 0.6 is 0 Å². The maximum atomic E-state index is 12.3. The van der Waals surface area contributed by atoms with Crippen molar-refractivity contribution >= 4 is 12.1 Å². The molecule has 0 saturated heterocycles. The van der Waals surface area contributed by atoms with Gasteiger partial charge in [0.05, 0.1) is 27.0 Å². The summed E-state index contributed by atoms with van der Waals surface area (Å²) in [5.41, 5.74) is 4.77. The molecule has 0 fully saturated rings. The van der Waals surface area contributed by atoms with Gasteiger partial charge in [-0.05, 0) is 35.9 Å². The Morgan fingerprint density at radius 1 is 1.19 bits per heavy atom. The summed E-state index contributed by atoms with van der Waals surface area (Å²) in [6.07, 6.45) is 5.13. The van der Waals surface area contributed by atoms with Gasteiger partial charge in [-0.3, -0.25) is 9.48 Å². The van der Waals surface area contributed by atoms with Crippen molar-refractivity contribution in [3.63, 3.8) is 0 Å². The van der Waals surface area contributed by atoms with Crippen LogP contribution in [0, 0.1) is 0 Å². The molecule has 1 N–H and O–H groups in total. The van der Waals surface area contributed by atoms with Gasteiger partial charge < -0.3 is 9.47 Å². The predicted molar refractivity (Wildman–Crippen MR) is 102 cm³/mol. The molecule has 2 aromatic carbocycles. The zero-order valence-electron chi connectivity index (χ0n) is 15.1. The average Bonchev–Trinajstić information content (AvgIpc) is 3.21. The molecule has 0 aliphatic rings. The van der Waals surface area contributed by atoms with E-state index in [1.807, 2.05) is 30.5 Å². The third-order valence-electron chi connectivity index (χ3n) is 3.90. The summed E-state index contributed by atoms with van der Waals surface area (Å²) >= 11 is 0. The topological polar surface area (TPSA) is 77.7 Å². The molecule has 138 valence electrons. The number of amides is 1. The monoisotopic (exact) mass is 364 g/mol. The third kappa shape index (κ3) is 4.72. The molecule has 0 spiro atoms. The number of nitrogens with one attached hydrogen (secondary N) is 1. The molecule has 1 heterocycles. The third-order valence-corrected chi connectivity index (χ3v) is 3.90. The summed E-state index contributed by atoms with van der Waals surface area (Å²) in [5.74, 6) is 0.997. The lowest BCUT2D eigenvalue weighted by Gasteiger charge is -2.07. The Balaban J connectivity index is 1.66. The number of hydrogen-bond acceptors (Lipinski definition) is 5. The molecule has 0 aliphatic carbocycles. The molecule has 1 amide bonds. The van der Waals surface area contributed by atoms with E-state index < -0.39 is 0 Å². The van der Waals surface area contributed by atoms with E-state index in [0.29, 0.717) is 23.6 Å².